The van der Waals surface area contributed by atoms with Crippen LogP contribution in [0, 0.1) is 24.7 Å². The van der Waals surface area contributed by atoms with Crippen molar-refractivity contribution in [3.8, 4) is 22.4 Å². The van der Waals surface area contributed by atoms with Crippen LogP contribution in [0.2, 0.25) is 5.02 Å². The molecule has 0 atom stereocenters. The molecule has 4 aromatic rings. The molecule has 1 spiro atoms. The fraction of sp³-hybridized carbons (Fsp3) is 0.346. The van der Waals surface area contributed by atoms with Gasteiger partial charge in [0.2, 0.25) is 0 Å². The maximum absolute atomic E-state index is 7.91. The van der Waals surface area contributed by atoms with Crippen LogP contribution < -0.4 is 10.6 Å². The van der Waals surface area contributed by atoms with Crippen LogP contribution in [0.4, 0.5) is 5.69 Å². The Morgan fingerprint density at radius 3 is 2.68 bits per heavy atom. The van der Waals surface area contributed by atoms with Crippen LogP contribution in [-0.4, -0.2) is 46.3 Å². The second kappa shape index (κ2) is 7.68. The van der Waals surface area contributed by atoms with Crippen molar-refractivity contribution in [2.75, 3.05) is 25.5 Å². The molecule has 2 fully saturated rings. The van der Waals surface area contributed by atoms with Gasteiger partial charge in [0, 0.05) is 65.4 Å². The van der Waals surface area contributed by atoms with E-state index >= 15 is 0 Å². The zero-order chi connectivity index (χ0) is 23.6. The first kappa shape index (κ1) is 21.4. The number of nitrogens with zero attached hydrogens (tertiary/aromatic N) is 3. The van der Waals surface area contributed by atoms with Gasteiger partial charge in [0.25, 0.3) is 0 Å². The summed E-state index contributed by atoms with van der Waals surface area (Å²) in [6.07, 6.45) is 5.52. The summed E-state index contributed by atoms with van der Waals surface area (Å²) in [5.41, 5.74) is 9.15. The smallest absolute Gasteiger partial charge is 0.101 e. The molecule has 8 heteroatoms. The van der Waals surface area contributed by atoms with Gasteiger partial charge in [-0.25, -0.2) is 0 Å². The molecule has 6 rings (SSSR count). The van der Waals surface area contributed by atoms with E-state index in [1.165, 1.54) is 6.21 Å². The number of benzene rings is 2. The van der Waals surface area contributed by atoms with E-state index in [0.29, 0.717) is 11.5 Å². The molecular formula is C26H28ClN7. The highest BCUT2D eigenvalue weighted by Gasteiger charge is 2.50. The van der Waals surface area contributed by atoms with Crippen molar-refractivity contribution >= 4 is 34.4 Å². The predicted molar refractivity (Wildman–Crippen MR) is 138 cm³/mol. The Bertz CT molecular complexity index is 1440. The number of rotatable bonds is 5. The molecule has 0 unspecified atom stereocenters. The van der Waals surface area contributed by atoms with Crippen molar-refractivity contribution in [3.05, 3.63) is 52.3 Å². The van der Waals surface area contributed by atoms with E-state index in [-0.39, 0.29) is 0 Å². The van der Waals surface area contributed by atoms with Gasteiger partial charge in [0.1, 0.15) is 5.69 Å². The monoisotopic (exact) mass is 473 g/mol. The van der Waals surface area contributed by atoms with Crippen LogP contribution in [-0.2, 0) is 0 Å². The highest BCUT2D eigenvalue weighted by Crippen LogP contribution is 2.53. The van der Waals surface area contributed by atoms with Crippen LogP contribution in [0.25, 0.3) is 33.3 Å². The fourth-order valence-corrected chi connectivity index (χ4v) is 6.01. The number of aryl methyl sites for hydroxylation is 1. The number of anilines is 1. The van der Waals surface area contributed by atoms with Gasteiger partial charge >= 0.3 is 0 Å². The molecule has 1 saturated heterocycles. The average molecular weight is 474 g/mol. The number of hydrogen-bond donors (Lipinski definition) is 4. The van der Waals surface area contributed by atoms with Gasteiger partial charge in [-0.2, -0.15) is 10.2 Å². The molecule has 174 valence electrons. The number of hydrogen-bond acceptors (Lipinski definition) is 5. The molecule has 0 amide bonds. The van der Waals surface area contributed by atoms with Crippen molar-refractivity contribution in [1.29, 1.82) is 5.41 Å². The van der Waals surface area contributed by atoms with Crippen molar-refractivity contribution in [2.45, 2.75) is 32.7 Å². The standard InChI is InChI=1S/C26H28ClN7/c1-14-6-21-19(11-31-32-21)23(24(14)27)22-15(2)34(18-8-26(9-18)12-30-13-26)33-25(22)16-4-5-20(29-3)17(7-16)10-28/h4-7,10-11,18,28-30H,8-9,12-13H2,1-3H3,(H,31,32). The molecule has 34 heavy (non-hydrogen) atoms. The first-order valence-corrected chi connectivity index (χ1v) is 12.1. The molecule has 4 N–H and O–H groups in total. The lowest BCUT2D eigenvalue weighted by Crippen LogP contribution is -2.60. The summed E-state index contributed by atoms with van der Waals surface area (Å²) >= 11 is 6.98. The summed E-state index contributed by atoms with van der Waals surface area (Å²) in [6.45, 7) is 6.40. The van der Waals surface area contributed by atoms with Gasteiger partial charge in [-0.3, -0.25) is 9.78 Å². The highest BCUT2D eigenvalue weighted by atomic mass is 35.5. The Balaban J connectivity index is 1.59. The molecule has 7 nitrogen and oxygen atoms in total. The quantitative estimate of drug-likeness (QED) is 0.295. The zero-order valence-corrected chi connectivity index (χ0v) is 20.3. The lowest BCUT2D eigenvalue weighted by Gasteiger charge is -2.54. The number of aromatic nitrogens is 4. The molecule has 1 aliphatic carbocycles. The number of halogens is 1. The summed E-state index contributed by atoms with van der Waals surface area (Å²) in [4.78, 5) is 0. The first-order chi connectivity index (χ1) is 16.4. The van der Waals surface area contributed by atoms with Gasteiger partial charge in [-0.15, -0.1) is 0 Å². The van der Waals surface area contributed by atoms with Crippen LogP contribution in [0.1, 0.15) is 35.7 Å². The molecule has 0 radical (unpaired) electrons. The molecule has 1 aliphatic heterocycles. The van der Waals surface area contributed by atoms with Crippen molar-refractivity contribution in [1.82, 2.24) is 25.3 Å². The van der Waals surface area contributed by atoms with Crippen molar-refractivity contribution in [2.24, 2.45) is 5.41 Å². The van der Waals surface area contributed by atoms with E-state index in [2.05, 4.69) is 38.5 Å². The Morgan fingerprint density at radius 2 is 2.00 bits per heavy atom. The van der Waals surface area contributed by atoms with Gasteiger partial charge in [0.05, 0.1) is 22.8 Å². The number of fused-ring (bicyclic) bond motifs is 1. The second-order valence-electron chi connectivity index (χ2n) is 9.83. The van der Waals surface area contributed by atoms with Crippen molar-refractivity contribution < 1.29 is 0 Å². The Hall–Kier alpha value is -3.16. The van der Waals surface area contributed by atoms with Crippen LogP contribution in [0.15, 0.2) is 30.5 Å². The van der Waals surface area contributed by atoms with Gasteiger partial charge in [0.15, 0.2) is 0 Å². The van der Waals surface area contributed by atoms with Gasteiger partial charge in [-0.05, 0) is 55.9 Å². The Morgan fingerprint density at radius 1 is 1.21 bits per heavy atom. The maximum Gasteiger partial charge on any atom is 0.101 e. The largest absolute Gasteiger partial charge is 0.388 e. The van der Waals surface area contributed by atoms with E-state index in [0.717, 1.165) is 86.7 Å². The zero-order valence-electron chi connectivity index (χ0n) is 19.6. The average Bonchev–Trinajstić information content (AvgIpc) is 3.37. The SMILES string of the molecule is CNc1ccc(-c2nn(C3CC4(CNC4)C3)c(C)c2-c2c(Cl)c(C)cc3[nH]ncc23)cc1C=N. The predicted octanol–water partition coefficient (Wildman–Crippen LogP) is 5.33. The molecule has 3 heterocycles. The van der Waals surface area contributed by atoms with E-state index in [9.17, 15) is 0 Å². The van der Waals surface area contributed by atoms with E-state index in [1.54, 1.807) is 0 Å². The minimum Gasteiger partial charge on any atom is -0.388 e. The van der Waals surface area contributed by atoms with Gasteiger partial charge in [-0.1, -0.05) is 17.7 Å². The number of aromatic amines is 1. The molecule has 2 aromatic carbocycles. The van der Waals surface area contributed by atoms with Gasteiger partial charge < -0.3 is 16.0 Å². The Labute approximate surface area is 203 Å². The molecule has 2 aromatic heterocycles. The third kappa shape index (κ3) is 3.03. The number of H-pyrrole nitrogens is 1. The topological polar surface area (TPSA) is 94.4 Å². The van der Waals surface area contributed by atoms with E-state index in [4.69, 9.17) is 22.1 Å². The minimum absolute atomic E-state index is 0.386. The first-order valence-electron chi connectivity index (χ1n) is 11.7. The third-order valence-electron chi connectivity index (χ3n) is 7.70. The minimum atomic E-state index is 0.386. The molecule has 2 aliphatic rings. The van der Waals surface area contributed by atoms with E-state index < -0.39 is 0 Å². The molecule has 1 saturated carbocycles. The third-order valence-corrected chi connectivity index (χ3v) is 8.18. The van der Waals surface area contributed by atoms with Crippen LogP contribution in [0.5, 0.6) is 0 Å². The summed E-state index contributed by atoms with van der Waals surface area (Å²) in [6, 6.07) is 8.54. The lowest BCUT2D eigenvalue weighted by molar-refractivity contribution is 0.00164. The van der Waals surface area contributed by atoms with Crippen LogP contribution >= 0.6 is 11.6 Å². The fourth-order valence-electron chi connectivity index (χ4n) is 5.76. The second-order valence-corrected chi connectivity index (χ2v) is 10.2. The lowest BCUT2D eigenvalue weighted by atomic mass is 9.61. The number of nitrogens with one attached hydrogen (secondary N) is 4. The summed E-state index contributed by atoms with van der Waals surface area (Å²) in [5.74, 6) is 0. The maximum atomic E-state index is 7.91. The normalized spacial score (nSPS) is 17.1. The molecule has 0 bridgehead atoms. The highest BCUT2D eigenvalue weighted by molar-refractivity contribution is 6.36. The summed E-state index contributed by atoms with van der Waals surface area (Å²) in [7, 11) is 1.87. The van der Waals surface area contributed by atoms with Crippen molar-refractivity contribution in [3.63, 3.8) is 0 Å². The van der Waals surface area contributed by atoms with E-state index in [1.807, 2.05) is 38.4 Å². The summed E-state index contributed by atoms with van der Waals surface area (Å²) < 4.78 is 2.22. The van der Waals surface area contributed by atoms with Crippen LogP contribution in [0.3, 0.4) is 0 Å². The Kier molecular flexibility index (Phi) is 4.83. The molecular weight excluding hydrogens is 446 g/mol. The summed E-state index contributed by atoms with van der Waals surface area (Å²) in [5, 5.41) is 28.8.